The zero-order valence-corrected chi connectivity index (χ0v) is 11.0. The Balaban J connectivity index is 3.74. The van der Waals surface area contributed by atoms with E-state index >= 15 is 0 Å². The Bertz CT molecular complexity index is 191. The van der Waals surface area contributed by atoms with Crippen molar-refractivity contribution in [2.75, 3.05) is 26.2 Å². The Morgan fingerprint density at radius 3 is 2.25 bits per heavy atom. The first-order valence-corrected chi connectivity index (χ1v) is 6.21. The van der Waals surface area contributed by atoms with E-state index in [9.17, 15) is 4.79 Å². The summed E-state index contributed by atoms with van der Waals surface area (Å²) in [6.45, 7) is 12.1. The molecule has 0 spiro atoms. The van der Waals surface area contributed by atoms with Gasteiger partial charge < -0.3 is 15.3 Å². The maximum absolute atomic E-state index is 10.9. The van der Waals surface area contributed by atoms with E-state index in [1.807, 2.05) is 13.8 Å². The molecule has 0 rings (SSSR count). The molecule has 4 nitrogen and oxygen atoms in total. The minimum Gasteiger partial charge on any atom is -0.480 e. The fraction of sp³-hybridized carbons (Fsp3) is 0.917. The van der Waals surface area contributed by atoms with Crippen molar-refractivity contribution < 1.29 is 9.90 Å². The van der Waals surface area contributed by atoms with Crippen LogP contribution in [-0.4, -0.2) is 48.2 Å². The topological polar surface area (TPSA) is 52.6 Å². The van der Waals surface area contributed by atoms with Crippen molar-refractivity contribution in [1.29, 1.82) is 0 Å². The van der Waals surface area contributed by atoms with E-state index in [4.69, 9.17) is 5.11 Å². The molecule has 16 heavy (non-hydrogen) atoms. The molecular formula is C12H26N2O2. The number of nitrogens with zero attached hydrogens (tertiary/aromatic N) is 1. The highest BCUT2D eigenvalue weighted by atomic mass is 16.4. The predicted molar refractivity (Wildman–Crippen MR) is 66.7 cm³/mol. The van der Waals surface area contributed by atoms with E-state index in [1.165, 1.54) is 0 Å². The Labute approximate surface area is 99.0 Å². The first-order chi connectivity index (χ1) is 7.52. The molecule has 0 radical (unpaired) electrons. The van der Waals surface area contributed by atoms with Crippen LogP contribution in [0.25, 0.3) is 0 Å². The van der Waals surface area contributed by atoms with Crippen LogP contribution >= 0.6 is 0 Å². The van der Waals surface area contributed by atoms with Crippen LogP contribution in [0.4, 0.5) is 0 Å². The molecule has 96 valence electrons. The minimum absolute atomic E-state index is 0.131. The Morgan fingerprint density at radius 2 is 1.88 bits per heavy atom. The van der Waals surface area contributed by atoms with Crippen molar-refractivity contribution in [3.63, 3.8) is 0 Å². The van der Waals surface area contributed by atoms with E-state index in [1.54, 1.807) is 0 Å². The lowest BCUT2D eigenvalue weighted by Gasteiger charge is -2.20. The average Bonchev–Trinajstić information content (AvgIpc) is 2.22. The lowest BCUT2D eigenvalue weighted by Crippen LogP contribution is -2.42. The van der Waals surface area contributed by atoms with Gasteiger partial charge in [-0.15, -0.1) is 0 Å². The number of hydrogen-bond donors (Lipinski definition) is 2. The van der Waals surface area contributed by atoms with Gasteiger partial charge in [0.05, 0.1) is 0 Å². The van der Waals surface area contributed by atoms with Crippen LogP contribution in [0.15, 0.2) is 0 Å². The summed E-state index contributed by atoms with van der Waals surface area (Å²) in [5, 5.41) is 12.1. The zero-order valence-electron chi connectivity index (χ0n) is 11.0. The van der Waals surface area contributed by atoms with Gasteiger partial charge >= 0.3 is 5.97 Å². The van der Waals surface area contributed by atoms with Gasteiger partial charge in [-0.2, -0.15) is 0 Å². The molecule has 4 heteroatoms. The Morgan fingerprint density at radius 1 is 1.31 bits per heavy atom. The molecular weight excluding hydrogens is 204 g/mol. The average molecular weight is 230 g/mol. The van der Waals surface area contributed by atoms with Crippen LogP contribution in [0.5, 0.6) is 0 Å². The van der Waals surface area contributed by atoms with Gasteiger partial charge in [0.2, 0.25) is 0 Å². The molecule has 0 aromatic heterocycles. The van der Waals surface area contributed by atoms with Crippen molar-refractivity contribution >= 4 is 5.97 Å². The van der Waals surface area contributed by atoms with Crippen LogP contribution in [-0.2, 0) is 4.79 Å². The quantitative estimate of drug-likeness (QED) is 0.588. The van der Waals surface area contributed by atoms with Gasteiger partial charge in [-0.1, -0.05) is 27.7 Å². The number of carboxylic acid groups (broad SMARTS) is 1. The lowest BCUT2D eigenvalue weighted by molar-refractivity contribution is -0.140. The van der Waals surface area contributed by atoms with Gasteiger partial charge in [0, 0.05) is 0 Å². The summed E-state index contributed by atoms with van der Waals surface area (Å²) in [7, 11) is 0. The van der Waals surface area contributed by atoms with Gasteiger partial charge in [0.1, 0.15) is 6.04 Å². The molecule has 0 aliphatic rings. The molecule has 0 aromatic rings. The fourth-order valence-corrected chi connectivity index (χ4v) is 1.71. The summed E-state index contributed by atoms with van der Waals surface area (Å²) in [5.74, 6) is -0.621. The smallest absolute Gasteiger partial charge is 0.320 e. The summed E-state index contributed by atoms with van der Waals surface area (Å²) in [4.78, 5) is 13.2. The van der Waals surface area contributed by atoms with Gasteiger partial charge in [0.25, 0.3) is 0 Å². The molecule has 0 aliphatic carbocycles. The van der Waals surface area contributed by atoms with Gasteiger partial charge in [-0.05, 0) is 38.5 Å². The van der Waals surface area contributed by atoms with Crippen molar-refractivity contribution in [2.45, 2.75) is 40.2 Å². The zero-order chi connectivity index (χ0) is 12.6. The third-order valence-electron chi connectivity index (χ3n) is 2.84. The highest BCUT2D eigenvalue weighted by molar-refractivity contribution is 5.73. The number of rotatable bonds is 9. The second-order valence-electron chi connectivity index (χ2n) is 4.39. The minimum atomic E-state index is -0.752. The van der Waals surface area contributed by atoms with Crippen molar-refractivity contribution in [3.05, 3.63) is 0 Å². The Hall–Kier alpha value is -0.610. The molecule has 0 amide bonds. The van der Waals surface area contributed by atoms with Gasteiger partial charge in [-0.3, -0.25) is 4.79 Å². The van der Waals surface area contributed by atoms with Crippen LogP contribution in [0, 0.1) is 5.92 Å². The maximum Gasteiger partial charge on any atom is 0.320 e. The monoisotopic (exact) mass is 230 g/mol. The molecule has 0 aliphatic heterocycles. The largest absolute Gasteiger partial charge is 0.480 e. The summed E-state index contributed by atoms with van der Waals surface area (Å²) in [5.41, 5.74) is 0. The maximum atomic E-state index is 10.9. The molecule has 1 unspecified atom stereocenters. The predicted octanol–water partition coefficient (Wildman–Crippen LogP) is 1.42. The van der Waals surface area contributed by atoms with E-state index in [0.717, 1.165) is 32.6 Å². The number of nitrogens with one attached hydrogen (secondary N) is 1. The normalized spacial score (nSPS) is 13.4. The van der Waals surface area contributed by atoms with E-state index in [2.05, 4.69) is 24.1 Å². The first-order valence-electron chi connectivity index (χ1n) is 6.21. The third-order valence-corrected chi connectivity index (χ3v) is 2.84. The van der Waals surface area contributed by atoms with Crippen LogP contribution < -0.4 is 5.32 Å². The standard InChI is InChI=1S/C12H26N2O2/c1-5-14(6-2)9-7-8-13-11(10(3)4)12(15)16/h10-11,13H,5-9H2,1-4H3,(H,15,16). The molecule has 0 saturated heterocycles. The molecule has 0 fully saturated rings. The first kappa shape index (κ1) is 15.4. The fourth-order valence-electron chi connectivity index (χ4n) is 1.71. The number of hydrogen-bond acceptors (Lipinski definition) is 3. The number of aliphatic carboxylic acids is 1. The van der Waals surface area contributed by atoms with Crippen LogP contribution in [0.3, 0.4) is 0 Å². The van der Waals surface area contributed by atoms with E-state index < -0.39 is 12.0 Å². The molecule has 0 saturated carbocycles. The summed E-state index contributed by atoms with van der Waals surface area (Å²) >= 11 is 0. The SMILES string of the molecule is CCN(CC)CCCNC(C(=O)O)C(C)C. The van der Waals surface area contributed by atoms with Gasteiger partial charge in [-0.25, -0.2) is 0 Å². The Kier molecular flexibility index (Phi) is 8.21. The summed E-state index contributed by atoms with van der Waals surface area (Å²) < 4.78 is 0. The second-order valence-corrected chi connectivity index (χ2v) is 4.39. The van der Waals surface area contributed by atoms with Crippen molar-refractivity contribution in [1.82, 2.24) is 10.2 Å². The van der Waals surface area contributed by atoms with Crippen molar-refractivity contribution in [2.24, 2.45) is 5.92 Å². The molecule has 0 aromatic carbocycles. The van der Waals surface area contributed by atoms with Crippen molar-refractivity contribution in [3.8, 4) is 0 Å². The number of carboxylic acids is 1. The summed E-state index contributed by atoms with van der Waals surface area (Å²) in [6.07, 6.45) is 0.998. The second kappa shape index (κ2) is 8.53. The third kappa shape index (κ3) is 6.08. The lowest BCUT2D eigenvalue weighted by atomic mass is 10.0. The molecule has 0 heterocycles. The highest BCUT2D eigenvalue weighted by Gasteiger charge is 2.19. The molecule has 1 atom stereocenters. The molecule has 0 bridgehead atoms. The molecule has 2 N–H and O–H groups in total. The highest BCUT2D eigenvalue weighted by Crippen LogP contribution is 2.01. The van der Waals surface area contributed by atoms with E-state index in [-0.39, 0.29) is 5.92 Å². The van der Waals surface area contributed by atoms with Gasteiger partial charge in [0.15, 0.2) is 0 Å². The van der Waals surface area contributed by atoms with E-state index in [0.29, 0.717) is 0 Å². The summed E-state index contributed by atoms with van der Waals surface area (Å²) in [6, 6.07) is -0.420. The van der Waals surface area contributed by atoms with Crippen LogP contribution in [0.2, 0.25) is 0 Å². The van der Waals surface area contributed by atoms with Crippen LogP contribution in [0.1, 0.15) is 34.1 Å². The number of carbonyl (C=O) groups is 1.